The molecular formula is C13H14Br2N2O. The molecule has 18 heavy (non-hydrogen) atoms. The van der Waals surface area contributed by atoms with Gasteiger partial charge in [0.1, 0.15) is 0 Å². The Hall–Kier alpha value is -0.650. The van der Waals surface area contributed by atoms with E-state index in [9.17, 15) is 0 Å². The van der Waals surface area contributed by atoms with Crippen molar-refractivity contribution in [2.75, 3.05) is 0 Å². The predicted octanol–water partition coefficient (Wildman–Crippen LogP) is 4.36. The van der Waals surface area contributed by atoms with E-state index in [1.54, 1.807) is 6.20 Å². The summed E-state index contributed by atoms with van der Waals surface area (Å²) < 4.78 is 7.73. The fourth-order valence-electron chi connectivity index (χ4n) is 1.50. The van der Waals surface area contributed by atoms with Crippen molar-refractivity contribution in [1.29, 1.82) is 0 Å². The van der Waals surface area contributed by atoms with Crippen LogP contribution in [0.3, 0.4) is 0 Å². The van der Waals surface area contributed by atoms with E-state index in [0.29, 0.717) is 18.5 Å². The highest BCUT2D eigenvalue weighted by Gasteiger charge is 2.10. The summed E-state index contributed by atoms with van der Waals surface area (Å²) in [6.45, 7) is 4.83. The van der Waals surface area contributed by atoms with E-state index in [2.05, 4.69) is 56.0 Å². The number of halogens is 2. The smallest absolute Gasteiger partial charge is 0.208 e. The molecule has 0 saturated heterocycles. The molecule has 1 aromatic heterocycles. The Balaban J connectivity index is 2.18. The van der Waals surface area contributed by atoms with Crippen LogP contribution in [0, 0.1) is 0 Å². The topological polar surface area (TPSA) is 38.1 Å². The number of aromatic nitrogens is 1. The Kier molecular flexibility index (Phi) is 4.59. The molecule has 1 heterocycles. The van der Waals surface area contributed by atoms with E-state index in [1.807, 2.05) is 18.2 Å². The molecule has 0 atom stereocenters. The van der Waals surface area contributed by atoms with E-state index in [0.717, 1.165) is 20.3 Å². The van der Waals surface area contributed by atoms with Gasteiger partial charge in [0.2, 0.25) is 5.89 Å². The maximum absolute atomic E-state index is 5.72. The van der Waals surface area contributed by atoms with E-state index in [4.69, 9.17) is 4.42 Å². The molecule has 0 saturated carbocycles. The number of benzene rings is 1. The molecule has 0 aliphatic rings. The van der Waals surface area contributed by atoms with E-state index >= 15 is 0 Å². The summed E-state index contributed by atoms with van der Waals surface area (Å²) in [6, 6.07) is 6.38. The van der Waals surface area contributed by atoms with E-state index < -0.39 is 0 Å². The first kappa shape index (κ1) is 13.8. The van der Waals surface area contributed by atoms with Crippen LogP contribution >= 0.6 is 31.9 Å². The number of nitrogens with zero attached hydrogens (tertiary/aromatic N) is 1. The molecule has 0 radical (unpaired) electrons. The monoisotopic (exact) mass is 372 g/mol. The molecule has 96 valence electrons. The zero-order valence-electron chi connectivity index (χ0n) is 10.2. The second-order valence-corrected chi connectivity index (χ2v) is 6.05. The average Bonchev–Trinajstić information content (AvgIpc) is 2.75. The minimum absolute atomic E-state index is 0.416. The third kappa shape index (κ3) is 3.43. The lowest BCUT2D eigenvalue weighted by Crippen LogP contribution is -2.21. The van der Waals surface area contributed by atoms with Crippen LogP contribution in [0.25, 0.3) is 11.3 Å². The fourth-order valence-corrected chi connectivity index (χ4v) is 2.74. The van der Waals surface area contributed by atoms with Gasteiger partial charge in [0.15, 0.2) is 5.76 Å². The Morgan fingerprint density at radius 3 is 2.78 bits per heavy atom. The van der Waals surface area contributed by atoms with Crippen molar-refractivity contribution in [3.8, 4) is 11.3 Å². The first-order valence-electron chi connectivity index (χ1n) is 5.70. The zero-order valence-corrected chi connectivity index (χ0v) is 13.4. The second kappa shape index (κ2) is 5.99. The maximum Gasteiger partial charge on any atom is 0.208 e. The maximum atomic E-state index is 5.72. The Labute approximate surface area is 123 Å². The van der Waals surface area contributed by atoms with Crippen LogP contribution < -0.4 is 5.32 Å². The van der Waals surface area contributed by atoms with Gasteiger partial charge in [0.25, 0.3) is 0 Å². The minimum atomic E-state index is 0.416. The predicted molar refractivity (Wildman–Crippen MR) is 79.3 cm³/mol. The quantitative estimate of drug-likeness (QED) is 0.864. The third-order valence-corrected chi connectivity index (χ3v) is 3.56. The molecule has 0 fully saturated rings. The van der Waals surface area contributed by atoms with Gasteiger partial charge in [0, 0.05) is 20.6 Å². The number of hydrogen-bond acceptors (Lipinski definition) is 3. The Bertz CT molecular complexity index is 538. The van der Waals surface area contributed by atoms with Crippen molar-refractivity contribution in [3.05, 3.63) is 39.2 Å². The molecule has 0 unspecified atom stereocenters. The molecule has 1 N–H and O–H groups in total. The molecule has 0 spiro atoms. The first-order chi connectivity index (χ1) is 8.56. The summed E-state index contributed by atoms with van der Waals surface area (Å²) in [7, 11) is 0. The number of hydrogen-bond donors (Lipinski definition) is 1. The first-order valence-corrected chi connectivity index (χ1v) is 7.28. The van der Waals surface area contributed by atoms with Crippen molar-refractivity contribution in [1.82, 2.24) is 10.3 Å². The average molecular weight is 374 g/mol. The normalized spacial score (nSPS) is 11.2. The number of oxazole rings is 1. The highest BCUT2D eigenvalue weighted by molar-refractivity contribution is 9.11. The van der Waals surface area contributed by atoms with Crippen molar-refractivity contribution >= 4 is 31.9 Å². The van der Waals surface area contributed by atoms with Crippen LogP contribution in [0.5, 0.6) is 0 Å². The van der Waals surface area contributed by atoms with E-state index in [1.165, 1.54) is 0 Å². The van der Waals surface area contributed by atoms with Crippen LogP contribution in [0.4, 0.5) is 0 Å². The summed E-state index contributed by atoms with van der Waals surface area (Å²) >= 11 is 6.95. The van der Waals surface area contributed by atoms with Crippen molar-refractivity contribution in [2.24, 2.45) is 0 Å². The fraction of sp³-hybridized carbons (Fsp3) is 0.308. The lowest BCUT2D eigenvalue weighted by atomic mass is 10.2. The Morgan fingerprint density at radius 1 is 1.33 bits per heavy atom. The van der Waals surface area contributed by atoms with Crippen LogP contribution in [-0.4, -0.2) is 11.0 Å². The van der Waals surface area contributed by atoms with Crippen molar-refractivity contribution in [3.63, 3.8) is 0 Å². The third-order valence-electron chi connectivity index (χ3n) is 2.41. The molecule has 0 aliphatic heterocycles. The molecule has 0 bridgehead atoms. The van der Waals surface area contributed by atoms with Crippen LogP contribution in [0.1, 0.15) is 19.7 Å². The van der Waals surface area contributed by atoms with Crippen molar-refractivity contribution < 1.29 is 4.42 Å². The summed E-state index contributed by atoms with van der Waals surface area (Å²) in [5.41, 5.74) is 1.00. The highest BCUT2D eigenvalue weighted by atomic mass is 79.9. The van der Waals surface area contributed by atoms with E-state index in [-0.39, 0.29) is 0 Å². The molecule has 2 rings (SSSR count). The second-order valence-electron chi connectivity index (χ2n) is 4.28. The summed E-state index contributed by atoms with van der Waals surface area (Å²) in [4.78, 5) is 4.27. The summed E-state index contributed by atoms with van der Waals surface area (Å²) in [5.74, 6) is 1.48. The largest absolute Gasteiger partial charge is 0.439 e. The van der Waals surface area contributed by atoms with Crippen LogP contribution in [0.15, 0.2) is 37.8 Å². The summed E-state index contributed by atoms with van der Waals surface area (Å²) in [6.07, 6.45) is 1.76. The SMILES string of the molecule is CC(C)NCc1ncc(-c2ccc(Br)cc2Br)o1. The van der Waals surface area contributed by atoms with Crippen molar-refractivity contribution in [2.45, 2.75) is 26.4 Å². The minimum Gasteiger partial charge on any atom is -0.439 e. The van der Waals surface area contributed by atoms with Gasteiger partial charge in [-0.2, -0.15) is 0 Å². The molecule has 0 aliphatic carbocycles. The standard InChI is InChI=1S/C13H14Br2N2O/c1-8(2)16-7-13-17-6-12(18-13)10-4-3-9(14)5-11(10)15/h3-6,8,16H,7H2,1-2H3. The molecule has 1 aromatic carbocycles. The number of nitrogens with one attached hydrogen (secondary N) is 1. The summed E-state index contributed by atoms with van der Waals surface area (Å²) in [5, 5.41) is 3.27. The van der Waals surface area contributed by atoms with Gasteiger partial charge in [-0.1, -0.05) is 29.8 Å². The highest BCUT2D eigenvalue weighted by Crippen LogP contribution is 2.31. The van der Waals surface area contributed by atoms with Gasteiger partial charge in [-0.15, -0.1) is 0 Å². The molecular weight excluding hydrogens is 360 g/mol. The van der Waals surface area contributed by atoms with Gasteiger partial charge in [-0.3, -0.25) is 0 Å². The number of rotatable bonds is 4. The molecule has 2 aromatic rings. The lowest BCUT2D eigenvalue weighted by molar-refractivity contribution is 0.459. The van der Waals surface area contributed by atoms with Gasteiger partial charge in [-0.05, 0) is 34.1 Å². The molecule has 3 nitrogen and oxygen atoms in total. The van der Waals surface area contributed by atoms with Crippen LogP contribution in [-0.2, 0) is 6.54 Å². The van der Waals surface area contributed by atoms with Gasteiger partial charge in [-0.25, -0.2) is 4.98 Å². The van der Waals surface area contributed by atoms with Gasteiger partial charge in [0.05, 0.1) is 12.7 Å². The van der Waals surface area contributed by atoms with Gasteiger partial charge >= 0.3 is 0 Å². The zero-order chi connectivity index (χ0) is 13.1. The molecule has 0 amide bonds. The lowest BCUT2D eigenvalue weighted by Gasteiger charge is -2.04. The van der Waals surface area contributed by atoms with Crippen LogP contribution in [0.2, 0.25) is 0 Å². The molecule has 5 heteroatoms. The van der Waals surface area contributed by atoms with Gasteiger partial charge < -0.3 is 9.73 Å². The Morgan fingerprint density at radius 2 is 2.11 bits per heavy atom.